The van der Waals surface area contributed by atoms with E-state index in [4.69, 9.17) is 9.47 Å². The molecule has 1 amide bonds. The van der Waals surface area contributed by atoms with Gasteiger partial charge in [0.05, 0.1) is 19.1 Å². The lowest BCUT2D eigenvalue weighted by molar-refractivity contribution is -0.384. The van der Waals surface area contributed by atoms with Crippen LogP contribution in [-0.2, 0) is 6.54 Å². The van der Waals surface area contributed by atoms with Crippen molar-refractivity contribution in [2.24, 2.45) is 0 Å². The Morgan fingerprint density at radius 1 is 1.04 bits per heavy atom. The molecule has 1 saturated heterocycles. The van der Waals surface area contributed by atoms with Crippen LogP contribution in [0.15, 0.2) is 42.5 Å². The highest BCUT2D eigenvalue weighted by Crippen LogP contribution is 2.26. The van der Waals surface area contributed by atoms with Gasteiger partial charge in [0.15, 0.2) is 0 Å². The van der Waals surface area contributed by atoms with E-state index in [1.165, 1.54) is 24.3 Å². The molecule has 2 aromatic rings. The predicted molar refractivity (Wildman–Crippen MR) is 104 cm³/mol. The van der Waals surface area contributed by atoms with Gasteiger partial charge in [-0.25, -0.2) is 0 Å². The molecule has 1 aliphatic rings. The standard InChI is InChI=1S/C20H23N3O5/c1-27-18-7-8-19(28-2)16(13-18)14-21-9-11-22(12-10-21)20(24)15-3-5-17(6-4-15)23(25)26/h3-8,13H,9-12,14H2,1-2H3. The summed E-state index contributed by atoms with van der Waals surface area (Å²) in [6.45, 7) is 3.38. The van der Waals surface area contributed by atoms with Crippen molar-refractivity contribution in [1.29, 1.82) is 0 Å². The van der Waals surface area contributed by atoms with Gasteiger partial charge in [0, 0.05) is 56.0 Å². The molecule has 1 fully saturated rings. The Balaban J connectivity index is 1.60. The molecule has 0 unspecified atom stereocenters. The molecule has 0 spiro atoms. The molecule has 0 aromatic heterocycles. The average Bonchev–Trinajstić information content (AvgIpc) is 2.73. The summed E-state index contributed by atoms with van der Waals surface area (Å²) in [6, 6.07) is 11.5. The second kappa shape index (κ2) is 8.71. The highest BCUT2D eigenvalue weighted by molar-refractivity contribution is 5.94. The third kappa shape index (κ3) is 4.40. The second-order valence-corrected chi connectivity index (χ2v) is 6.55. The van der Waals surface area contributed by atoms with Crippen LogP contribution in [0.2, 0.25) is 0 Å². The summed E-state index contributed by atoms with van der Waals surface area (Å²) in [5, 5.41) is 10.7. The van der Waals surface area contributed by atoms with Crippen molar-refractivity contribution in [3.05, 3.63) is 63.7 Å². The lowest BCUT2D eigenvalue weighted by Gasteiger charge is -2.35. The molecule has 0 saturated carbocycles. The number of carbonyl (C=O) groups is 1. The van der Waals surface area contributed by atoms with E-state index in [9.17, 15) is 14.9 Å². The Hall–Kier alpha value is -3.13. The zero-order valence-corrected chi connectivity index (χ0v) is 16.0. The first kappa shape index (κ1) is 19.6. The molecule has 3 rings (SSSR count). The summed E-state index contributed by atoms with van der Waals surface area (Å²) in [5.74, 6) is 1.49. The van der Waals surface area contributed by atoms with E-state index in [-0.39, 0.29) is 11.6 Å². The number of ether oxygens (including phenoxy) is 2. The molecule has 0 bridgehead atoms. The van der Waals surface area contributed by atoms with Crippen molar-refractivity contribution in [3.63, 3.8) is 0 Å². The highest BCUT2D eigenvalue weighted by Gasteiger charge is 2.23. The molecule has 8 heteroatoms. The van der Waals surface area contributed by atoms with Crippen LogP contribution in [0.25, 0.3) is 0 Å². The van der Waals surface area contributed by atoms with Gasteiger partial charge < -0.3 is 14.4 Å². The fourth-order valence-electron chi connectivity index (χ4n) is 3.26. The number of carbonyl (C=O) groups excluding carboxylic acids is 1. The van der Waals surface area contributed by atoms with Gasteiger partial charge in [-0.15, -0.1) is 0 Å². The maximum atomic E-state index is 12.6. The van der Waals surface area contributed by atoms with Gasteiger partial charge >= 0.3 is 0 Å². The quantitative estimate of drug-likeness (QED) is 0.561. The van der Waals surface area contributed by atoms with Gasteiger partial charge in [-0.05, 0) is 30.3 Å². The van der Waals surface area contributed by atoms with Crippen molar-refractivity contribution in [2.75, 3.05) is 40.4 Å². The van der Waals surface area contributed by atoms with Crippen molar-refractivity contribution >= 4 is 11.6 Å². The first-order valence-corrected chi connectivity index (χ1v) is 8.99. The van der Waals surface area contributed by atoms with Crippen molar-refractivity contribution in [1.82, 2.24) is 9.80 Å². The number of non-ortho nitro benzene ring substituents is 1. The molecule has 8 nitrogen and oxygen atoms in total. The fraction of sp³-hybridized carbons (Fsp3) is 0.350. The average molecular weight is 385 g/mol. The maximum Gasteiger partial charge on any atom is 0.269 e. The van der Waals surface area contributed by atoms with Gasteiger partial charge in [-0.2, -0.15) is 0 Å². The van der Waals surface area contributed by atoms with E-state index in [1.54, 1.807) is 19.1 Å². The number of methoxy groups -OCH3 is 2. The van der Waals surface area contributed by atoms with E-state index >= 15 is 0 Å². The predicted octanol–water partition coefficient (Wildman–Crippen LogP) is 2.57. The molecule has 1 aliphatic heterocycles. The number of hydrogen-bond acceptors (Lipinski definition) is 6. The molecule has 28 heavy (non-hydrogen) atoms. The van der Waals surface area contributed by atoms with Crippen LogP contribution < -0.4 is 9.47 Å². The van der Waals surface area contributed by atoms with Crippen LogP contribution in [0, 0.1) is 10.1 Å². The largest absolute Gasteiger partial charge is 0.497 e. The highest BCUT2D eigenvalue weighted by atomic mass is 16.6. The van der Waals surface area contributed by atoms with Gasteiger partial charge in [-0.3, -0.25) is 19.8 Å². The minimum atomic E-state index is -0.472. The zero-order valence-electron chi connectivity index (χ0n) is 16.0. The molecular formula is C20H23N3O5. The SMILES string of the molecule is COc1ccc(OC)c(CN2CCN(C(=O)c3ccc([N+](=O)[O-])cc3)CC2)c1. The second-order valence-electron chi connectivity index (χ2n) is 6.55. The minimum absolute atomic E-state index is 0.0198. The summed E-state index contributed by atoms with van der Waals surface area (Å²) in [6.07, 6.45) is 0. The Morgan fingerprint density at radius 2 is 1.71 bits per heavy atom. The number of piperazine rings is 1. The van der Waals surface area contributed by atoms with Crippen LogP contribution in [0.4, 0.5) is 5.69 Å². The summed E-state index contributed by atoms with van der Waals surface area (Å²) in [5.41, 5.74) is 1.49. The molecule has 0 atom stereocenters. The van der Waals surface area contributed by atoms with E-state index in [2.05, 4.69) is 4.90 Å². The van der Waals surface area contributed by atoms with Gasteiger partial charge in [-0.1, -0.05) is 0 Å². The van der Waals surface area contributed by atoms with Crippen LogP contribution in [0.1, 0.15) is 15.9 Å². The van der Waals surface area contributed by atoms with Gasteiger partial charge in [0.1, 0.15) is 11.5 Å². The third-order valence-corrected chi connectivity index (χ3v) is 4.87. The van der Waals surface area contributed by atoms with E-state index in [0.29, 0.717) is 25.2 Å². The molecule has 0 N–H and O–H groups in total. The molecular weight excluding hydrogens is 362 g/mol. The lowest BCUT2D eigenvalue weighted by atomic mass is 10.1. The molecule has 148 valence electrons. The summed E-state index contributed by atoms with van der Waals surface area (Å²) in [7, 11) is 3.28. The first-order chi connectivity index (χ1) is 13.5. The van der Waals surface area contributed by atoms with E-state index in [0.717, 1.165) is 30.2 Å². The van der Waals surface area contributed by atoms with Crippen LogP contribution in [-0.4, -0.2) is 61.0 Å². The number of rotatable bonds is 6. The fourth-order valence-corrected chi connectivity index (χ4v) is 3.26. The summed E-state index contributed by atoms with van der Waals surface area (Å²) < 4.78 is 10.7. The summed E-state index contributed by atoms with van der Waals surface area (Å²) in [4.78, 5) is 26.9. The van der Waals surface area contributed by atoms with Crippen molar-refractivity contribution in [2.45, 2.75) is 6.54 Å². The minimum Gasteiger partial charge on any atom is -0.497 e. The monoisotopic (exact) mass is 385 g/mol. The number of nitro benzene ring substituents is 1. The van der Waals surface area contributed by atoms with Crippen LogP contribution >= 0.6 is 0 Å². The smallest absolute Gasteiger partial charge is 0.269 e. The Bertz CT molecular complexity index is 845. The van der Waals surface area contributed by atoms with Crippen molar-refractivity contribution < 1.29 is 19.2 Å². The summed E-state index contributed by atoms with van der Waals surface area (Å²) >= 11 is 0. The Labute approximate surface area is 163 Å². The van der Waals surface area contributed by atoms with Gasteiger partial charge in [0.2, 0.25) is 0 Å². The number of hydrogen-bond donors (Lipinski definition) is 0. The van der Waals surface area contributed by atoms with Crippen LogP contribution in [0.5, 0.6) is 11.5 Å². The zero-order chi connectivity index (χ0) is 20.1. The topological polar surface area (TPSA) is 85.2 Å². The first-order valence-electron chi connectivity index (χ1n) is 8.99. The van der Waals surface area contributed by atoms with Crippen LogP contribution in [0.3, 0.4) is 0 Å². The van der Waals surface area contributed by atoms with E-state index < -0.39 is 4.92 Å². The number of amides is 1. The van der Waals surface area contributed by atoms with Gasteiger partial charge in [0.25, 0.3) is 11.6 Å². The lowest BCUT2D eigenvalue weighted by Crippen LogP contribution is -2.48. The molecule has 0 radical (unpaired) electrons. The third-order valence-electron chi connectivity index (χ3n) is 4.87. The Morgan fingerprint density at radius 3 is 2.29 bits per heavy atom. The molecule has 0 aliphatic carbocycles. The maximum absolute atomic E-state index is 12.6. The Kier molecular flexibility index (Phi) is 6.10. The number of benzene rings is 2. The number of nitrogens with zero attached hydrogens (tertiary/aromatic N) is 3. The van der Waals surface area contributed by atoms with E-state index in [1.807, 2.05) is 18.2 Å². The normalized spacial score (nSPS) is 14.6. The number of nitro groups is 1. The van der Waals surface area contributed by atoms with Crippen molar-refractivity contribution in [3.8, 4) is 11.5 Å². The molecule has 1 heterocycles. The molecule has 2 aromatic carbocycles.